The average molecular weight is 399 g/mol. The molecule has 0 aliphatic rings. The van der Waals surface area contributed by atoms with E-state index in [4.69, 9.17) is 9.47 Å². The van der Waals surface area contributed by atoms with Gasteiger partial charge < -0.3 is 9.47 Å². The number of hydrogen-bond donors (Lipinski definition) is 0. The molecule has 0 aliphatic heterocycles. The number of carbonyl (C=O) groups is 1. The van der Waals surface area contributed by atoms with Crippen LogP contribution in [0.3, 0.4) is 0 Å². The summed E-state index contributed by atoms with van der Waals surface area (Å²) in [6.07, 6.45) is 1.11. The summed E-state index contributed by atoms with van der Waals surface area (Å²) < 4.78 is 33.9. The van der Waals surface area contributed by atoms with Gasteiger partial charge in [-0.2, -0.15) is 0 Å². The quantitative estimate of drug-likeness (QED) is 0.723. The van der Waals surface area contributed by atoms with Gasteiger partial charge in [0.2, 0.25) is 0 Å². The summed E-state index contributed by atoms with van der Waals surface area (Å²) in [4.78, 5) is 12.1. The van der Waals surface area contributed by atoms with Crippen molar-refractivity contribution < 1.29 is 22.7 Å². The standard InChI is InChI=1S/C16H15BrO5S/c1-21-15-8-3-11(9-14(15)17)10-22-16(18)12-4-6-13(7-5-12)23(2,19)20/h3-9H,10H2,1-2H3. The second-order valence-corrected chi connectivity index (χ2v) is 7.71. The largest absolute Gasteiger partial charge is 0.496 e. The van der Waals surface area contributed by atoms with Gasteiger partial charge in [-0.15, -0.1) is 0 Å². The summed E-state index contributed by atoms with van der Waals surface area (Å²) in [5, 5.41) is 0. The molecule has 0 radical (unpaired) electrons. The molecule has 2 aromatic carbocycles. The van der Waals surface area contributed by atoms with E-state index in [1.807, 2.05) is 0 Å². The highest BCUT2D eigenvalue weighted by Gasteiger charge is 2.11. The van der Waals surface area contributed by atoms with Crippen molar-refractivity contribution in [2.75, 3.05) is 13.4 Å². The Balaban J connectivity index is 2.03. The van der Waals surface area contributed by atoms with Crippen molar-refractivity contribution in [1.29, 1.82) is 0 Å². The Hall–Kier alpha value is -1.86. The molecule has 23 heavy (non-hydrogen) atoms. The summed E-state index contributed by atoms with van der Waals surface area (Å²) in [6, 6.07) is 11.0. The van der Waals surface area contributed by atoms with Gasteiger partial charge in [0.1, 0.15) is 12.4 Å². The molecule has 0 aromatic heterocycles. The number of carbonyl (C=O) groups excluding carboxylic acids is 1. The maximum Gasteiger partial charge on any atom is 0.338 e. The van der Waals surface area contributed by atoms with Gasteiger partial charge in [0.15, 0.2) is 9.84 Å². The van der Waals surface area contributed by atoms with Crippen LogP contribution in [-0.4, -0.2) is 27.8 Å². The number of benzene rings is 2. The molecule has 0 fully saturated rings. The fourth-order valence-electron chi connectivity index (χ4n) is 1.87. The monoisotopic (exact) mass is 398 g/mol. The molecule has 0 bridgehead atoms. The van der Waals surface area contributed by atoms with E-state index in [0.29, 0.717) is 11.3 Å². The maximum absolute atomic E-state index is 12.0. The molecule has 0 aliphatic carbocycles. The minimum absolute atomic E-state index is 0.106. The van der Waals surface area contributed by atoms with Crippen molar-refractivity contribution in [3.63, 3.8) is 0 Å². The summed E-state index contributed by atoms with van der Waals surface area (Å²) in [6.45, 7) is 0.106. The maximum atomic E-state index is 12.0. The first-order valence-corrected chi connectivity index (χ1v) is 9.29. The molecule has 0 saturated carbocycles. The molecular weight excluding hydrogens is 384 g/mol. The zero-order valence-electron chi connectivity index (χ0n) is 12.6. The van der Waals surface area contributed by atoms with E-state index >= 15 is 0 Å². The lowest BCUT2D eigenvalue weighted by Gasteiger charge is -2.08. The Morgan fingerprint density at radius 3 is 2.30 bits per heavy atom. The number of methoxy groups -OCH3 is 1. The highest BCUT2D eigenvalue weighted by molar-refractivity contribution is 9.10. The van der Waals surface area contributed by atoms with Crippen LogP contribution in [0.2, 0.25) is 0 Å². The molecule has 0 unspecified atom stereocenters. The molecule has 122 valence electrons. The van der Waals surface area contributed by atoms with Crippen molar-refractivity contribution >= 4 is 31.7 Å². The number of rotatable bonds is 5. The first-order chi connectivity index (χ1) is 10.8. The van der Waals surface area contributed by atoms with Crippen molar-refractivity contribution in [3.05, 3.63) is 58.1 Å². The first-order valence-electron chi connectivity index (χ1n) is 6.61. The molecule has 0 amide bonds. The third-order valence-corrected chi connectivity index (χ3v) is 4.85. The number of halogens is 1. The SMILES string of the molecule is COc1ccc(COC(=O)c2ccc(S(C)(=O)=O)cc2)cc1Br. The van der Waals surface area contributed by atoms with Crippen LogP contribution in [0.15, 0.2) is 51.8 Å². The lowest BCUT2D eigenvalue weighted by Crippen LogP contribution is -2.06. The highest BCUT2D eigenvalue weighted by atomic mass is 79.9. The van der Waals surface area contributed by atoms with Crippen molar-refractivity contribution in [3.8, 4) is 5.75 Å². The van der Waals surface area contributed by atoms with E-state index < -0.39 is 15.8 Å². The number of sulfone groups is 1. The summed E-state index contributed by atoms with van der Waals surface area (Å²) >= 11 is 3.36. The van der Waals surface area contributed by atoms with Gasteiger partial charge >= 0.3 is 5.97 Å². The van der Waals surface area contributed by atoms with E-state index in [9.17, 15) is 13.2 Å². The summed E-state index contributed by atoms with van der Waals surface area (Å²) in [5.41, 5.74) is 1.10. The normalized spacial score (nSPS) is 11.1. The smallest absolute Gasteiger partial charge is 0.338 e. The number of esters is 1. The predicted octanol–water partition coefficient (Wildman–Crippen LogP) is 3.22. The Labute approximate surface area is 143 Å². The minimum Gasteiger partial charge on any atom is -0.496 e. The molecule has 0 spiro atoms. The van der Waals surface area contributed by atoms with E-state index in [2.05, 4.69) is 15.9 Å². The molecule has 0 saturated heterocycles. The van der Waals surface area contributed by atoms with Crippen LogP contribution in [0.5, 0.6) is 5.75 Å². The van der Waals surface area contributed by atoms with Crippen LogP contribution in [0, 0.1) is 0 Å². The van der Waals surface area contributed by atoms with Crippen LogP contribution in [0.1, 0.15) is 15.9 Å². The van der Waals surface area contributed by atoms with Gasteiger partial charge in [0.05, 0.1) is 22.0 Å². The first kappa shape index (κ1) is 17.5. The zero-order valence-corrected chi connectivity index (χ0v) is 15.0. The predicted molar refractivity (Wildman–Crippen MR) is 89.4 cm³/mol. The van der Waals surface area contributed by atoms with Gasteiger partial charge in [-0.3, -0.25) is 0 Å². The third-order valence-electron chi connectivity index (χ3n) is 3.10. The fraction of sp³-hybridized carbons (Fsp3) is 0.188. The Morgan fingerprint density at radius 1 is 1.13 bits per heavy atom. The summed E-state index contributed by atoms with van der Waals surface area (Å²) in [5.74, 6) is 0.174. The van der Waals surface area contributed by atoms with Gasteiger partial charge in [-0.05, 0) is 57.9 Å². The van der Waals surface area contributed by atoms with Gasteiger partial charge in [0, 0.05) is 6.26 Å². The van der Waals surface area contributed by atoms with E-state index in [0.717, 1.165) is 16.3 Å². The second-order valence-electron chi connectivity index (χ2n) is 4.84. The second kappa shape index (κ2) is 7.14. The number of hydrogen-bond acceptors (Lipinski definition) is 5. The molecule has 7 heteroatoms. The van der Waals surface area contributed by atoms with Gasteiger partial charge in [0.25, 0.3) is 0 Å². The third kappa shape index (κ3) is 4.56. The van der Waals surface area contributed by atoms with Crippen LogP contribution < -0.4 is 4.74 Å². The van der Waals surface area contributed by atoms with Gasteiger partial charge in [-0.1, -0.05) is 6.07 Å². The highest BCUT2D eigenvalue weighted by Crippen LogP contribution is 2.25. The lowest BCUT2D eigenvalue weighted by atomic mass is 10.2. The van der Waals surface area contributed by atoms with Crippen LogP contribution in [0.25, 0.3) is 0 Å². The average Bonchev–Trinajstić information content (AvgIpc) is 2.52. The van der Waals surface area contributed by atoms with Crippen molar-refractivity contribution in [2.24, 2.45) is 0 Å². The number of ether oxygens (including phenoxy) is 2. The molecule has 0 heterocycles. The van der Waals surface area contributed by atoms with E-state index in [-0.39, 0.29) is 11.5 Å². The Bertz CT molecular complexity index is 813. The van der Waals surface area contributed by atoms with Crippen LogP contribution in [-0.2, 0) is 21.2 Å². The minimum atomic E-state index is -3.28. The van der Waals surface area contributed by atoms with Crippen molar-refractivity contribution in [1.82, 2.24) is 0 Å². The van der Waals surface area contributed by atoms with Crippen LogP contribution >= 0.6 is 15.9 Å². The van der Waals surface area contributed by atoms with Crippen LogP contribution in [0.4, 0.5) is 0 Å². The van der Waals surface area contributed by atoms with Gasteiger partial charge in [-0.25, -0.2) is 13.2 Å². The summed E-state index contributed by atoms with van der Waals surface area (Å²) in [7, 11) is -1.71. The van der Waals surface area contributed by atoms with E-state index in [1.54, 1.807) is 25.3 Å². The molecule has 0 atom stereocenters. The van der Waals surface area contributed by atoms with E-state index in [1.165, 1.54) is 24.3 Å². The molecule has 2 aromatic rings. The fourth-order valence-corrected chi connectivity index (χ4v) is 3.09. The lowest BCUT2D eigenvalue weighted by molar-refractivity contribution is 0.0472. The molecule has 5 nitrogen and oxygen atoms in total. The molecule has 0 N–H and O–H groups in total. The zero-order chi connectivity index (χ0) is 17.0. The topological polar surface area (TPSA) is 69.7 Å². The van der Waals surface area contributed by atoms with Crippen molar-refractivity contribution in [2.45, 2.75) is 11.5 Å². The molecule has 2 rings (SSSR count). The Kier molecular flexibility index (Phi) is 5.43. The molecular formula is C16H15BrO5S. The Morgan fingerprint density at radius 2 is 1.78 bits per heavy atom.